The fourth-order valence-corrected chi connectivity index (χ4v) is 16.9. The van der Waals surface area contributed by atoms with Crippen LogP contribution in [0.3, 0.4) is 0 Å². The van der Waals surface area contributed by atoms with Gasteiger partial charge in [0.15, 0.2) is 0 Å². The molecule has 0 fully saturated rings. The number of pyridine rings is 6. The molecule has 0 saturated carbocycles. The largest absolute Gasteiger partial charge is 0.369 e. The molecule has 3 aliphatic heterocycles. The number of carbonyl (C=O) groups excluding carboxylic acids is 3. The lowest BCUT2D eigenvalue weighted by atomic mass is 10.0. The number of anilines is 6. The van der Waals surface area contributed by atoms with Gasteiger partial charge < -0.3 is 31.9 Å². The second kappa shape index (κ2) is 31.9. The molecule has 102 heavy (non-hydrogen) atoms. The van der Waals surface area contributed by atoms with Crippen molar-refractivity contribution in [3.8, 4) is 34.2 Å². The van der Waals surface area contributed by atoms with E-state index in [1.54, 1.807) is 109 Å². The number of aryl methyl sites for hydroxylation is 6. The summed E-state index contributed by atoms with van der Waals surface area (Å²) < 4.78 is 5.60. The standard InChI is InChI=1S/3C25H23ClN6OS/c3*1-15-19(7-5-11-27-15)30-25(33)16-8-9-17(18(26)14-16)23-21-22(20-6-3-4-10-28-20)31-32(2)24(21)29-12-13-34-23/h3*3-11,14,23,29H,12-13H2,1-2H3,(H,30,33)/t2*23-;/m10./s1. The number of halogens is 3. The predicted molar refractivity (Wildman–Crippen MR) is 413 cm³/mol. The van der Waals surface area contributed by atoms with E-state index in [2.05, 4.69) is 61.8 Å². The first-order valence-electron chi connectivity index (χ1n) is 32.7. The molecule has 0 aliphatic carbocycles. The van der Waals surface area contributed by atoms with Gasteiger partial charge in [-0.05, 0) is 147 Å². The van der Waals surface area contributed by atoms with Crippen LogP contribution in [-0.4, -0.2) is 114 Å². The van der Waals surface area contributed by atoms with Crippen LogP contribution in [0.4, 0.5) is 34.5 Å². The molecule has 12 aromatic rings. The first-order valence-corrected chi connectivity index (χ1v) is 36.9. The highest BCUT2D eigenvalue weighted by molar-refractivity contribution is 8.00. The maximum absolute atomic E-state index is 12.9. The molecule has 3 aromatic carbocycles. The first-order chi connectivity index (χ1) is 49.6. The maximum atomic E-state index is 12.9. The monoisotopic (exact) mass is 1470 g/mol. The number of nitrogens with zero attached hydrogens (tertiary/aromatic N) is 12. The summed E-state index contributed by atoms with van der Waals surface area (Å²) in [5, 5.41) is 35.0. The van der Waals surface area contributed by atoms with Crippen LogP contribution < -0.4 is 31.9 Å². The molecule has 516 valence electrons. The zero-order valence-corrected chi connectivity index (χ0v) is 61.0. The number of hydrogen-bond donors (Lipinski definition) is 6. The zero-order valence-electron chi connectivity index (χ0n) is 56.2. The normalized spacial score (nSPS) is 15.2. The summed E-state index contributed by atoms with van der Waals surface area (Å²) in [5.74, 6) is 4.91. The molecule has 0 radical (unpaired) electrons. The highest BCUT2D eigenvalue weighted by Gasteiger charge is 2.35. The van der Waals surface area contributed by atoms with Gasteiger partial charge in [-0.15, -0.1) is 35.3 Å². The topological polar surface area (TPSA) is 254 Å². The van der Waals surface area contributed by atoms with Gasteiger partial charge in [-0.3, -0.25) is 58.3 Å². The molecule has 0 bridgehead atoms. The molecule has 21 nitrogen and oxygen atoms in total. The first kappa shape index (κ1) is 70.4. The molecule has 27 heteroatoms. The summed E-state index contributed by atoms with van der Waals surface area (Å²) in [7, 11) is 5.79. The Bertz CT molecular complexity index is 4570. The minimum Gasteiger partial charge on any atom is -0.369 e. The molecule has 3 aliphatic rings. The number of amides is 3. The van der Waals surface area contributed by atoms with Gasteiger partial charge in [0, 0.05) is 144 Å². The van der Waals surface area contributed by atoms with Gasteiger partial charge in [0.1, 0.15) is 34.5 Å². The Kier molecular flexibility index (Phi) is 22.0. The Labute approximate surface area is 617 Å². The van der Waals surface area contributed by atoms with Crippen LogP contribution in [0.25, 0.3) is 34.2 Å². The van der Waals surface area contributed by atoms with Crippen molar-refractivity contribution in [2.75, 3.05) is 68.8 Å². The number of nitrogens with one attached hydrogen (secondary N) is 6. The van der Waals surface area contributed by atoms with Crippen molar-refractivity contribution in [2.45, 2.75) is 36.5 Å². The predicted octanol–water partition coefficient (Wildman–Crippen LogP) is 16.0. The number of fused-ring (bicyclic) bond motifs is 3. The van der Waals surface area contributed by atoms with Gasteiger partial charge in [0.05, 0.1) is 67.0 Å². The van der Waals surface area contributed by atoms with E-state index in [4.69, 9.17) is 50.1 Å². The lowest BCUT2D eigenvalue weighted by molar-refractivity contribution is 0.101. The lowest BCUT2D eigenvalue weighted by Gasteiger charge is -2.18. The Morgan fingerprint density at radius 2 is 0.676 bits per heavy atom. The highest BCUT2D eigenvalue weighted by Crippen LogP contribution is 2.51. The number of aromatic nitrogens is 12. The molecular formula is C75H69Cl3N18O3S3. The Hall–Kier alpha value is -10.1. The molecule has 0 saturated heterocycles. The third-order valence-electron chi connectivity index (χ3n) is 17.2. The smallest absolute Gasteiger partial charge is 0.255 e. The van der Waals surface area contributed by atoms with Crippen LogP contribution in [0.15, 0.2) is 183 Å². The van der Waals surface area contributed by atoms with Crippen molar-refractivity contribution >= 4 is 122 Å². The maximum Gasteiger partial charge on any atom is 0.255 e. The van der Waals surface area contributed by atoms with Gasteiger partial charge in [0.2, 0.25) is 0 Å². The molecule has 1 unspecified atom stereocenters. The molecule has 12 heterocycles. The van der Waals surface area contributed by atoms with Crippen LogP contribution in [0.5, 0.6) is 0 Å². The van der Waals surface area contributed by atoms with Crippen molar-refractivity contribution in [1.82, 2.24) is 59.2 Å². The fourth-order valence-electron chi connectivity index (χ4n) is 12.2. The second-order valence-corrected chi connectivity index (χ2v) is 28.7. The quantitative estimate of drug-likeness (QED) is 0.0665. The molecular weight excluding hydrogens is 1400 g/mol. The van der Waals surface area contributed by atoms with Gasteiger partial charge in [0.25, 0.3) is 17.7 Å². The van der Waals surface area contributed by atoms with Crippen molar-refractivity contribution in [2.24, 2.45) is 21.1 Å². The summed E-state index contributed by atoms with van der Waals surface area (Å²) in [6.45, 7) is 8.02. The van der Waals surface area contributed by atoms with Crippen LogP contribution in [0.2, 0.25) is 15.1 Å². The van der Waals surface area contributed by atoms with Crippen LogP contribution in [0, 0.1) is 20.8 Å². The molecule has 0 spiro atoms. The van der Waals surface area contributed by atoms with E-state index in [0.717, 1.165) is 139 Å². The summed E-state index contributed by atoms with van der Waals surface area (Å²) in [6, 6.07) is 44.8. The number of rotatable bonds is 12. The van der Waals surface area contributed by atoms with E-state index in [9.17, 15) is 14.4 Å². The zero-order chi connectivity index (χ0) is 71.0. The number of carbonyl (C=O) groups is 3. The van der Waals surface area contributed by atoms with E-state index in [0.29, 0.717) is 48.8 Å². The molecule has 3 amide bonds. The molecule has 15 rings (SSSR count). The summed E-state index contributed by atoms with van der Waals surface area (Å²) in [6.07, 6.45) is 10.4. The third kappa shape index (κ3) is 15.4. The van der Waals surface area contributed by atoms with E-state index in [-0.39, 0.29) is 33.5 Å². The van der Waals surface area contributed by atoms with E-state index in [1.165, 1.54) is 0 Å². The summed E-state index contributed by atoms with van der Waals surface area (Å²) in [5.41, 5.74) is 16.7. The number of benzene rings is 3. The van der Waals surface area contributed by atoms with Crippen LogP contribution in [-0.2, 0) is 21.1 Å². The van der Waals surface area contributed by atoms with Gasteiger partial charge >= 0.3 is 0 Å². The van der Waals surface area contributed by atoms with Crippen molar-refractivity contribution in [3.63, 3.8) is 0 Å². The second-order valence-electron chi connectivity index (χ2n) is 23.9. The average molecular weight is 1470 g/mol. The van der Waals surface area contributed by atoms with Gasteiger partial charge in [-0.2, -0.15) is 15.3 Å². The van der Waals surface area contributed by atoms with Crippen LogP contribution >= 0.6 is 70.1 Å². The molecule has 6 N–H and O–H groups in total. The van der Waals surface area contributed by atoms with Crippen LogP contribution in [0.1, 0.15) is 97.3 Å². The van der Waals surface area contributed by atoms with Gasteiger partial charge in [-0.25, -0.2) is 0 Å². The van der Waals surface area contributed by atoms with Crippen molar-refractivity contribution < 1.29 is 14.4 Å². The fraction of sp³-hybridized carbons (Fsp3) is 0.200. The summed E-state index contributed by atoms with van der Waals surface area (Å²) >= 11 is 25.8. The highest BCUT2D eigenvalue weighted by atomic mass is 35.5. The number of thioether (sulfide) groups is 3. The molecule has 9 aromatic heterocycles. The van der Waals surface area contributed by atoms with E-state index < -0.39 is 0 Å². The third-order valence-corrected chi connectivity index (χ3v) is 22.0. The lowest BCUT2D eigenvalue weighted by Crippen LogP contribution is -2.13. The number of hydrogen-bond acceptors (Lipinski definition) is 18. The van der Waals surface area contributed by atoms with Crippen molar-refractivity contribution in [1.29, 1.82) is 0 Å². The van der Waals surface area contributed by atoms with E-state index >= 15 is 0 Å². The van der Waals surface area contributed by atoms with Crippen molar-refractivity contribution in [3.05, 3.63) is 265 Å². The minimum absolute atomic E-state index is 0.0547. The van der Waals surface area contributed by atoms with E-state index in [1.807, 2.05) is 165 Å². The van der Waals surface area contributed by atoms with Gasteiger partial charge in [-0.1, -0.05) is 71.2 Å². The average Bonchev–Trinajstić information content (AvgIpc) is 1.61. The Morgan fingerprint density at radius 3 is 0.931 bits per heavy atom. The summed E-state index contributed by atoms with van der Waals surface area (Å²) in [4.78, 5) is 64.9. The Balaban J connectivity index is 0.000000137. The molecule has 3 atom stereocenters. The Morgan fingerprint density at radius 1 is 0.392 bits per heavy atom. The minimum atomic E-state index is -0.226. The SMILES string of the molecule is Cc1ncccc1NC(=O)c1ccc(C2SCCNc3c2c(-c2ccccn2)nn3C)c(Cl)c1.Cc1ncccc1NC(=O)c1ccc([C@@H]2SCCNc3c2c(-c2ccccn2)nn3C)c(Cl)c1.Cc1ncccc1NC(=O)c1ccc([C@H]2SCCNc3c2c(-c2ccccn2)nn3C)c(Cl)c1.